The summed E-state index contributed by atoms with van der Waals surface area (Å²) in [7, 11) is 0. The van der Waals surface area contributed by atoms with Gasteiger partial charge in [-0.1, -0.05) is 24.3 Å². The summed E-state index contributed by atoms with van der Waals surface area (Å²) in [6, 6.07) is 15.0. The average Bonchev–Trinajstić information content (AvgIpc) is 2.87. The number of carbonyl (C=O) groups excluding carboxylic acids is 1. The maximum atomic E-state index is 12.3. The predicted octanol–water partition coefficient (Wildman–Crippen LogP) is 1.78. The minimum absolute atomic E-state index is 0.211. The number of amides is 1. The summed E-state index contributed by atoms with van der Waals surface area (Å²) in [5.74, 6) is 1.10. The van der Waals surface area contributed by atoms with Crippen molar-refractivity contribution >= 4 is 23.3 Å². The van der Waals surface area contributed by atoms with Crippen LogP contribution in [0.15, 0.2) is 48.5 Å². The number of fused-ring (bicyclic) bond motifs is 1. The van der Waals surface area contributed by atoms with Gasteiger partial charge in [0.15, 0.2) is 5.65 Å². The topological polar surface area (TPSA) is 74.6 Å². The van der Waals surface area contributed by atoms with Crippen molar-refractivity contribution < 1.29 is 4.79 Å². The third-order valence-electron chi connectivity index (χ3n) is 4.27. The standard InChI is InChI=1S/C18H20N6O/c25-17(14-6-2-1-3-7-14)21-18-20-15-8-4-9-16(24(15)22-18)23-12-5-10-19-11-13-23/h1-4,6-9,19H,5,10-13H2,(H,21,22,25). The van der Waals surface area contributed by atoms with Crippen molar-refractivity contribution in [1.82, 2.24) is 19.9 Å². The monoisotopic (exact) mass is 336 g/mol. The van der Waals surface area contributed by atoms with Gasteiger partial charge in [-0.05, 0) is 37.2 Å². The molecule has 0 unspecified atom stereocenters. The molecule has 25 heavy (non-hydrogen) atoms. The molecule has 1 aliphatic rings. The zero-order valence-corrected chi connectivity index (χ0v) is 13.9. The number of carbonyl (C=O) groups is 1. The minimum atomic E-state index is -0.211. The third-order valence-corrected chi connectivity index (χ3v) is 4.27. The van der Waals surface area contributed by atoms with Crippen molar-refractivity contribution in [3.8, 4) is 0 Å². The van der Waals surface area contributed by atoms with E-state index in [9.17, 15) is 4.79 Å². The first-order valence-corrected chi connectivity index (χ1v) is 8.49. The molecular weight excluding hydrogens is 316 g/mol. The summed E-state index contributed by atoms with van der Waals surface area (Å²) in [5.41, 5.74) is 1.30. The molecule has 0 bridgehead atoms. The van der Waals surface area contributed by atoms with Crippen molar-refractivity contribution in [2.75, 3.05) is 36.4 Å². The molecule has 3 aromatic rings. The minimum Gasteiger partial charge on any atom is -0.355 e. The van der Waals surface area contributed by atoms with E-state index >= 15 is 0 Å². The van der Waals surface area contributed by atoms with E-state index in [0.717, 1.165) is 44.1 Å². The third kappa shape index (κ3) is 3.32. The van der Waals surface area contributed by atoms with Crippen LogP contribution in [0.1, 0.15) is 16.8 Å². The number of anilines is 2. The average molecular weight is 336 g/mol. The molecule has 2 N–H and O–H groups in total. The number of nitrogens with one attached hydrogen (secondary N) is 2. The summed E-state index contributed by atoms with van der Waals surface area (Å²) < 4.78 is 1.80. The van der Waals surface area contributed by atoms with Crippen molar-refractivity contribution in [2.24, 2.45) is 0 Å². The van der Waals surface area contributed by atoms with E-state index in [-0.39, 0.29) is 5.91 Å². The van der Waals surface area contributed by atoms with Gasteiger partial charge in [0.25, 0.3) is 5.91 Å². The van der Waals surface area contributed by atoms with Gasteiger partial charge in [-0.2, -0.15) is 9.50 Å². The van der Waals surface area contributed by atoms with Gasteiger partial charge in [-0.25, -0.2) is 0 Å². The Balaban J connectivity index is 1.61. The smallest absolute Gasteiger partial charge is 0.258 e. The summed E-state index contributed by atoms with van der Waals surface area (Å²) in [6.45, 7) is 3.87. The fourth-order valence-electron chi connectivity index (χ4n) is 3.02. The lowest BCUT2D eigenvalue weighted by atomic mass is 10.2. The van der Waals surface area contributed by atoms with Crippen LogP contribution in [0.2, 0.25) is 0 Å². The van der Waals surface area contributed by atoms with Crippen LogP contribution in [0.25, 0.3) is 5.65 Å². The molecule has 4 rings (SSSR count). The number of pyridine rings is 1. The van der Waals surface area contributed by atoms with Crippen molar-refractivity contribution in [1.29, 1.82) is 0 Å². The molecule has 1 aliphatic heterocycles. The molecule has 1 aromatic carbocycles. The van der Waals surface area contributed by atoms with Crippen LogP contribution < -0.4 is 15.5 Å². The van der Waals surface area contributed by atoms with E-state index in [1.165, 1.54) is 0 Å². The first kappa shape index (κ1) is 15.6. The van der Waals surface area contributed by atoms with E-state index < -0.39 is 0 Å². The van der Waals surface area contributed by atoms with Gasteiger partial charge in [0.1, 0.15) is 5.82 Å². The molecule has 0 saturated carbocycles. The SMILES string of the molecule is O=C(Nc1nc2cccc(N3CCCNCC3)n2n1)c1ccccc1. The van der Waals surface area contributed by atoms with Crippen LogP contribution in [0.3, 0.4) is 0 Å². The lowest BCUT2D eigenvalue weighted by Gasteiger charge is -2.22. The molecule has 0 spiro atoms. The van der Waals surface area contributed by atoms with E-state index in [0.29, 0.717) is 11.5 Å². The summed E-state index contributed by atoms with van der Waals surface area (Å²) in [5, 5.41) is 10.7. The highest BCUT2D eigenvalue weighted by molar-refractivity contribution is 6.03. The quantitative estimate of drug-likeness (QED) is 0.763. The lowest BCUT2D eigenvalue weighted by molar-refractivity contribution is 0.102. The Morgan fingerprint density at radius 3 is 2.80 bits per heavy atom. The second-order valence-corrected chi connectivity index (χ2v) is 6.00. The van der Waals surface area contributed by atoms with Crippen molar-refractivity contribution in [3.63, 3.8) is 0 Å². The van der Waals surface area contributed by atoms with Gasteiger partial charge in [0.2, 0.25) is 5.95 Å². The van der Waals surface area contributed by atoms with Crippen molar-refractivity contribution in [3.05, 3.63) is 54.1 Å². The van der Waals surface area contributed by atoms with E-state index in [1.807, 2.05) is 36.4 Å². The van der Waals surface area contributed by atoms with Gasteiger partial charge in [0.05, 0.1) is 0 Å². The van der Waals surface area contributed by atoms with Crippen LogP contribution in [0.5, 0.6) is 0 Å². The Kier molecular flexibility index (Phi) is 4.30. The van der Waals surface area contributed by atoms with E-state index in [2.05, 4.69) is 25.6 Å². The zero-order valence-electron chi connectivity index (χ0n) is 13.9. The molecule has 2 aromatic heterocycles. The van der Waals surface area contributed by atoms with Crippen LogP contribution in [0, 0.1) is 0 Å². The van der Waals surface area contributed by atoms with Crippen LogP contribution >= 0.6 is 0 Å². The Morgan fingerprint density at radius 1 is 1.04 bits per heavy atom. The van der Waals surface area contributed by atoms with Crippen LogP contribution in [-0.4, -0.2) is 46.7 Å². The second-order valence-electron chi connectivity index (χ2n) is 6.00. The normalized spacial score (nSPS) is 15.1. The number of rotatable bonds is 3. The fourth-order valence-corrected chi connectivity index (χ4v) is 3.02. The number of hydrogen-bond donors (Lipinski definition) is 2. The van der Waals surface area contributed by atoms with E-state index in [1.54, 1.807) is 16.6 Å². The maximum Gasteiger partial charge on any atom is 0.258 e. The molecule has 0 atom stereocenters. The summed E-state index contributed by atoms with van der Waals surface area (Å²) >= 11 is 0. The molecule has 1 amide bonds. The first-order valence-electron chi connectivity index (χ1n) is 8.49. The molecule has 7 heteroatoms. The molecule has 7 nitrogen and oxygen atoms in total. The zero-order chi connectivity index (χ0) is 17.1. The molecule has 3 heterocycles. The van der Waals surface area contributed by atoms with Crippen molar-refractivity contribution in [2.45, 2.75) is 6.42 Å². The molecule has 0 radical (unpaired) electrons. The molecule has 128 valence electrons. The number of hydrogen-bond acceptors (Lipinski definition) is 5. The van der Waals surface area contributed by atoms with E-state index in [4.69, 9.17) is 0 Å². The highest BCUT2D eigenvalue weighted by atomic mass is 16.1. The van der Waals surface area contributed by atoms with Gasteiger partial charge in [-0.15, -0.1) is 5.10 Å². The Hall–Kier alpha value is -2.93. The summed E-state index contributed by atoms with van der Waals surface area (Å²) in [4.78, 5) is 19.0. The van der Waals surface area contributed by atoms with Crippen LogP contribution in [0.4, 0.5) is 11.8 Å². The number of aromatic nitrogens is 3. The summed E-state index contributed by atoms with van der Waals surface area (Å²) in [6.07, 6.45) is 1.09. The maximum absolute atomic E-state index is 12.3. The highest BCUT2D eigenvalue weighted by Crippen LogP contribution is 2.18. The second kappa shape index (κ2) is 6.90. The molecule has 0 aliphatic carbocycles. The lowest BCUT2D eigenvalue weighted by Crippen LogP contribution is -2.29. The van der Waals surface area contributed by atoms with Crippen LogP contribution in [-0.2, 0) is 0 Å². The van der Waals surface area contributed by atoms with Gasteiger partial charge in [0, 0.05) is 25.2 Å². The van der Waals surface area contributed by atoms with Gasteiger partial charge < -0.3 is 10.2 Å². The number of benzene rings is 1. The first-order chi connectivity index (χ1) is 12.3. The molecular formula is C18H20N6O. The number of nitrogens with zero attached hydrogens (tertiary/aromatic N) is 4. The van der Waals surface area contributed by atoms with Gasteiger partial charge in [-0.3, -0.25) is 10.1 Å². The Bertz CT molecular complexity index is 868. The van der Waals surface area contributed by atoms with Gasteiger partial charge >= 0.3 is 0 Å². The predicted molar refractivity (Wildman–Crippen MR) is 97.1 cm³/mol. The Labute approximate surface area is 145 Å². The largest absolute Gasteiger partial charge is 0.355 e. The fraction of sp³-hybridized carbons (Fsp3) is 0.278. The highest BCUT2D eigenvalue weighted by Gasteiger charge is 2.16. The molecule has 1 saturated heterocycles. The molecule has 1 fully saturated rings. The Morgan fingerprint density at radius 2 is 1.92 bits per heavy atom.